The molecule has 0 heterocycles. The Balaban J connectivity index is 1.42. The van der Waals surface area contributed by atoms with Crippen LogP contribution in [0.5, 0.6) is 0 Å². The highest BCUT2D eigenvalue weighted by atomic mass is 16.6. The van der Waals surface area contributed by atoms with Gasteiger partial charge >= 0.3 is 0 Å². The van der Waals surface area contributed by atoms with E-state index in [2.05, 4.69) is 62.4 Å². The van der Waals surface area contributed by atoms with Crippen molar-refractivity contribution in [3.05, 3.63) is 144 Å². The van der Waals surface area contributed by atoms with E-state index in [-0.39, 0.29) is 36.3 Å². The van der Waals surface area contributed by atoms with Crippen LogP contribution in [0.1, 0.15) is 36.1 Å². The van der Waals surface area contributed by atoms with Crippen LogP contribution in [0, 0.1) is 11.8 Å². The van der Waals surface area contributed by atoms with Crippen molar-refractivity contribution in [2.75, 3.05) is 0 Å². The van der Waals surface area contributed by atoms with Gasteiger partial charge in [-0.3, -0.25) is 0 Å². The molecule has 6 atom stereocenters. The van der Waals surface area contributed by atoms with Crippen molar-refractivity contribution in [2.45, 2.75) is 64.7 Å². The van der Waals surface area contributed by atoms with Crippen LogP contribution < -0.4 is 0 Å². The summed E-state index contributed by atoms with van der Waals surface area (Å²) in [7, 11) is 0. The van der Waals surface area contributed by atoms with Gasteiger partial charge < -0.3 is 18.9 Å². The van der Waals surface area contributed by atoms with Crippen LogP contribution in [0.15, 0.2) is 121 Å². The van der Waals surface area contributed by atoms with Crippen molar-refractivity contribution < 1.29 is 18.9 Å². The third-order valence-corrected chi connectivity index (χ3v) is 7.98. The molecule has 1 saturated carbocycles. The highest BCUT2D eigenvalue weighted by Gasteiger charge is 2.50. The Morgan fingerprint density at radius 3 is 0.825 bits per heavy atom. The highest BCUT2D eigenvalue weighted by Crippen LogP contribution is 2.39. The van der Waals surface area contributed by atoms with Gasteiger partial charge in [0.25, 0.3) is 0 Å². The zero-order valence-corrected chi connectivity index (χ0v) is 23.5. The van der Waals surface area contributed by atoms with Gasteiger partial charge in [0.15, 0.2) is 0 Å². The molecule has 1 aliphatic rings. The van der Waals surface area contributed by atoms with Crippen LogP contribution >= 0.6 is 0 Å². The fourth-order valence-corrected chi connectivity index (χ4v) is 5.51. The maximum atomic E-state index is 6.74. The lowest BCUT2D eigenvalue weighted by Crippen LogP contribution is -2.60. The van der Waals surface area contributed by atoms with Crippen molar-refractivity contribution in [1.29, 1.82) is 0 Å². The third kappa shape index (κ3) is 7.47. The van der Waals surface area contributed by atoms with E-state index in [1.807, 2.05) is 72.8 Å². The number of rotatable bonds is 12. The van der Waals surface area contributed by atoms with E-state index < -0.39 is 0 Å². The molecule has 0 aliphatic heterocycles. The molecule has 3 unspecified atom stereocenters. The molecule has 40 heavy (non-hydrogen) atoms. The van der Waals surface area contributed by atoms with Crippen LogP contribution in [0.3, 0.4) is 0 Å². The van der Waals surface area contributed by atoms with Gasteiger partial charge in [-0.1, -0.05) is 135 Å². The number of benzene rings is 4. The Bertz CT molecular complexity index is 1150. The normalized spacial score (nSPS) is 24.6. The minimum atomic E-state index is -0.306. The van der Waals surface area contributed by atoms with E-state index in [4.69, 9.17) is 18.9 Å². The van der Waals surface area contributed by atoms with Crippen LogP contribution in [0.25, 0.3) is 0 Å². The summed E-state index contributed by atoms with van der Waals surface area (Å²) in [5, 5.41) is 0. The molecule has 208 valence electrons. The second-order valence-electron chi connectivity index (χ2n) is 10.8. The molecule has 0 bridgehead atoms. The maximum Gasteiger partial charge on any atom is 0.113 e. The first-order valence-electron chi connectivity index (χ1n) is 14.3. The van der Waals surface area contributed by atoms with Gasteiger partial charge in [-0.05, 0) is 34.1 Å². The molecular formula is C36H40O4. The summed E-state index contributed by atoms with van der Waals surface area (Å²) >= 11 is 0. The molecule has 4 heteroatoms. The van der Waals surface area contributed by atoms with Gasteiger partial charge in [0.1, 0.15) is 12.2 Å². The van der Waals surface area contributed by atoms with Crippen molar-refractivity contribution in [2.24, 2.45) is 11.8 Å². The molecule has 0 amide bonds. The van der Waals surface area contributed by atoms with E-state index >= 15 is 0 Å². The summed E-state index contributed by atoms with van der Waals surface area (Å²) in [5.41, 5.74) is 4.54. The Hall–Kier alpha value is -3.28. The smallest absolute Gasteiger partial charge is 0.113 e. The lowest BCUT2D eigenvalue weighted by atomic mass is 9.73. The van der Waals surface area contributed by atoms with Crippen molar-refractivity contribution in [1.82, 2.24) is 0 Å². The summed E-state index contributed by atoms with van der Waals surface area (Å²) in [6.45, 7) is 6.52. The van der Waals surface area contributed by atoms with Gasteiger partial charge in [-0.2, -0.15) is 0 Å². The molecule has 4 aromatic rings. The zero-order valence-electron chi connectivity index (χ0n) is 23.5. The van der Waals surface area contributed by atoms with Crippen LogP contribution in [0.2, 0.25) is 0 Å². The van der Waals surface area contributed by atoms with Gasteiger partial charge in [0, 0.05) is 0 Å². The first-order chi connectivity index (χ1) is 19.7. The Morgan fingerprint density at radius 2 is 0.575 bits per heavy atom. The fraction of sp³-hybridized carbons (Fsp3) is 0.333. The number of ether oxygens (including phenoxy) is 4. The van der Waals surface area contributed by atoms with Gasteiger partial charge in [0.05, 0.1) is 38.6 Å². The van der Waals surface area contributed by atoms with Crippen LogP contribution in [0.4, 0.5) is 0 Å². The van der Waals surface area contributed by atoms with Crippen molar-refractivity contribution >= 4 is 0 Å². The Labute approximate surface area is 238 Å². The maximum absolute atomic E-state index is 6.74. The molecule has 0 spiro atoms. The third-order valence-electron chi connectivity index (χ3n) is 7.98. The molecule has 5 rings (SSSR count). The fourth-order valence-electron chi connectivity index (χ4n) is 5.51. The molecule has 0 radical (unpaired) electrons. The Morgan fingerprint density at radius 1 is 0.350 bits per heavy atom. The predicted molar refractivity (Wildman–Crippen MR) is 158 cm³/mol. The van der Waals surface area contributed by atoms with Crippen LogP contribution in [-0.2, 0) is 45.4 Å². The molecule has 0 N–H and O–H groups in total. The SMILES string of the molecule is CC1C(OCc2ccccc2)[C@H](OCc2ccccc2)[C@@H](OCc2ccccc2)C(OCc2ccccc2)[C@@H]1C. The van der Waals surface area contributed by atoms with Gasteiger partial charge in [-0.25, -0.2) is 0 Å². The van der Waals surface area contributed by atoms with Crippen molar-refractivity contribution in [3.63, 3.8) is 0 Å². The highest BCUT2D eigenvalue weighted by molar-refractivity contribution is 5.17. The first kappa shape index (κ1) is 28.3. The van der Waals surface area contributed by atoms with E-state index in [1.54, 1.807) is 0 Å². The molecule has 1 fully saturated rings. The molecule has 1 aliphatic carbocycles. The average Bonchev–Trinajstić information content (AvgIpc) is 3.01. The minimum Gasteiger partial charge on any atom is -0.370 e. The first-order valence-corrected chi connectivity index (χ1v) is 14.3. The standard InChI is InChI=1S/C36H40O4/c1-27-28(2)34(38-24-30-17-9-4-10-18-30)36(40-26-32-21-13-6-14-22-32)35(39-25-31-19-11-5-12-20-31)33(27)37-23-29-15-7-3-8-16-29/h3-22,27-28,33-36H,23-26H2,1-2H3/t27-,28?,33?,34?,35+,36+/m1/s1. The zero-order chi connectivity index (χ0) is 27.6. The van der Waals surface area contributed by atoms with Gasteiger partial charge in [-0.15, -0.1) is 0 Å². The molecule has 4 aromatic carbocycles. The minimum absolute atomic E-state index is 0.156. The second-order valence-corrected chi connectivity index (χ2v) is 10.8. The summed E-state index contributed by atoms with van der Waals surface area (Å²) < 4.78 is 26.9. The van der Waals surface area contributed by atoms with Crippen LogP contribution in [-0.4, -0.2) is 24.4 Å². The van der Waals surface area contributed by atoms with Crippen molar-refractivity contribution in [3.8, 4) is 0 Å². The summed E-state index contributed by atoms with van der Waals surface area (Å²) in [5.74, 6) is 0.392. The molecule has 4 nitrogen and oxygen atoms in total. The van der Waals surface area contributed by atoms with E-state index in [9.17, 15) is 0 Å². The predicted octanol–water partition coefficient (Wildman–Crippen LogP) is 7.61. The number of hydrogen-bond acceptors (Lipinski definition) is 4. The second kappa shape index (κ2) is 14.4. The van der Waals surface area contributed by atoms with E-state index in [1.165, 1.54) is 0 Å². The summed E-state index contributed by atoms with van der Waals surface area (Å²) in [6, 6.07) is 41.3. The quantitative estimate of drug-likeness (QED) is 0.187. The Kier molecular flexibility index (Phi) is 10.2. The lowest BCUT2D eigenvalue weighted by molar-refractivity contribution is -0.244. The average molecular weight is 537 g/mol. The molecule has 0 saturated heterocycles. The topological polar surface area (TPSA) is 36.9 Å². The summed E-state index contributed by atoms with van der Waals surface area (Å²) in [6.07, 6.45) is -0.924. The lowest BCUT2D eigenvalue weighted by Gasteiger charge is -2.48. The van der Waals surface area contributed by atoms with E-state index in [0.717, 1.165) is 22.3 Å². The molecular weight excluding hydrogens is 496 g/mol. The number of hydrogen-bond donors (Lipinski definition) is 0. The van der Waals surface area contributed by atoms with E-state index in [0.29, 0.717) is 26.4 Å². The summed E-state index contributed by atoms with van der Waals surface area (Å²) in [4.78, 5) is 0. The molecule has 0 aromatic heterocycles. The van der Waals surface area contributed by atoms with Gasteiger partial charge in [0.2, 0.25) is 0 Å². The monoisotopic (exact) mass is 536 g/mol. The largest absolute Gasteiger partial charge is 0.370 e.